The fourth-order valence-corrected chi connectivity index (χ4v) is 3.22. The second-order valence-electron chi connectivity index (χ2n) is 5.81. The highest BCUT2D eigenvalue weighted by Crippen LogP contribution is 2.34. The summed E-state index contributed by atoms with van der Waals surface area (Å²) in [7, 11) is 1.74. The fourth-order valence-electron chi connectivity index (χ4n) is 3.22. The number of nitrogens with one attached hydrogen (secondary N) is 1. The highest BCUT2D eigenvalue weighted by Gasteiger charge is 2.22. The van der Waals surface area contributed by atoms with Crippen molar-refractivity contribution in [1.82, 2.24) is 5.32 Å². The van der Waals surface area contributed by atoms with Crippen LogP contribution in [0.15, 0.2) is 48.5 Å². The van der Waals surface area contributed by atoms with E-state index in [1.54, 1.807) is 7.11 Å². The molecule has 0 heterocycles. The van der Waals surface area contributed by atoms with Gasteiger partial charge in [0, 0.05) is 12.1 Å². The van der Waals surface area contributed by atoms with Crippen molar-refractivity contribution in [2.24, 2.45) is 0 Å². The lowest BCUT2D eigenvalue weighted by Crippen LogP contribution is -2.27. The Labute approximate surface area is 127 Å². The molecule has 110 valence electrons. The Bertz CT molecular complexity index is 594. The van der Waals surface area contributed by atoms with Crippen LogP contribution in [0.2, 0.25) is 0 Å². The summed E-state index contributed by atoms with van der Waals surface area (Å²) >= 11 is 0. The molecule has 1 aliphatic rings. The van der Waals surface area contributed by atoms with Gasteiger partial charge in [0.05, 0.1) is 7.11 Å². The van der Waals surface area contributed by atoms with Crippen LogP contribution in [0.5, 0.6) is 5.75 Å². The smallest absolute Gasteiger partial charge is 0.119 e. The van der Waals surface area contributed by atoms with Crippen LogP contribution in [0.3, 0.4) is 0 Å². The molecular formula is C19H23NO. The van der Waals surface area contributed by atoms with Gasteiger partial charge >= 0.3 is 0 Å². The highest BCUT2D eigenvalue weighted by molar-refractivity contribution is 5.39. The molecule has 0 radical (unpaired) electrons. The summed E-state index contributed by atoms with van der Waals surface area (Å²) in [6.07, 6.45) is 3.62. The van der Waals surface area contributed by atoms with Crippen molar-refractivity contribution in [3.8, 4) is 5.75 Å². The molecule has 1 aliphatic carbocycles. The van der Waals surface area contributed by atoms with E-state index in [4.69, 9.17) is 4.74 Å². The predicted octanol–water partition coefficient (Wildman–Crippen LogP) is 4.42. The molecule has 1 N–H and O–H groups in total. The Hall–Kier alpha value is -1.80. The number of benzene rings is 2. The minimum atomic E-state index is 0.355. The molecule has 0 aromatic heterocycles. The van der Waals surface area contributed by atoms with Crippen LogP contribution in [0.25, 0.3) is 0 Å². The molecule has 2 atom stereocenters. The minimum absolute atomic E-state index is 0.355. The molecule has 0 saturated carbocycles. The molecule has 2 aromatic rings. The largest absolute Gasteiger partial charge is 0.497 e. The molecule has 21 heavy (non-hydrogen) atoms. The summed E-state index contributed by atoms with van der Waals surface area (Å²) in [6.45, 7) is 2.24. The van der Waals surface area contributed by atoms with Crippen LogP contribution in [-0.2, 0) is 6.42 Å². The van der Waals surface area contributed by atoms with E-state index >= 15 is 0 Å². The maximum absolute atomic E-state index is 5.39. The second kappa shape index (κ2) is 6.31. The van der Waals surface area contributed by atoms with E-state index in [0.29, 0.717) is 12.1 Å². The Balaban J connectivity index is 1.81. The van der Waals surface area contributed by atoms with Crippen molar-refractivity contribution in [2.45, 2.75) is 38.3 Å². The Morgan fingerprint density at radius 3 is 2.71 bits per heavy atom. The molecular weight excluding hydrogens is 258 g/mol. The van der Waals surface area contributed by atoms with Gasteiger partial charge in [0.1, 0.15) is 5.75 Å². The van der Waals surface area contributed by atoms with Crippen molar-refractivity contribution in [2.75, 3.05) is 7.11 Å². The van der Waals surface area contributed by atoms with Crippen molar-refractivity contribution in [3.63, 3.8) is 0 Å². The highest BCUT2D eigenvalue weighted by atomic mass is 16.5. The number of methoxy groups -OCH3 is 1. The first-order valence-electron chi connectivity index (χ1n) is 7.75. The quantitative estimate of drug-likeness (QED) is 0.895. The minimum Gasteiger partial charge on any atom is -0.497 e. The molecule has 1 unspecified atom stereocenters. The summed E-state index contributed by atoms with van der Waals surface area (Å²) in [5.74, 6) is 0.954. The SMILES string of the molecule is COc1ccc2c(c1)C(N[C@@H](C)c1ccccc1)CCC2. The van der Waals surface area contributed by atoms with E-state index in [0.717, 1.165) is 5.75 Å². The lowest BCUT2D eigenvalue weighted by Gasteiger charge is -2.30. The predicted molar refractivity (Wildman–Crippen MR) is 86.7 cm³/mol. The maximum atomic E-state index is 5.39. The lowest BCUT2D eigenvalue weighted by molar-refractivity contribution is 0.399. The third kappa shape index (κ3) is 3.11. The lowest BCUT2D eigenvalue weighted by atomic mass is 9.87. The van der Waals surface area contributed by atoms with Gasteiger partial charge in [-0.05, 0) is 55.0 Å². The zero-order valence-corrected chi connectivity index (χ0v) is 12.8. The number of rotatable bonds is 4. The van der Waals surface area contributed by atoms with Crippen molar-refractivity contribution in [1.29, 1.82) is 0 Å². The van der Waals surface area contributed by atoms with Crippen molar-refractivity contribution in [3.05, 3.63) is 65.2 Å². The van der Waals surface area contributed by atoms with Crippen LogP contribution >= 0.6 is 0 Å². The second-order valence-corrected chi connectivity index (χ2v) is 5.81. The molecule has 2 aromatic carbocycles. The van der Waals surface area contributed by atoms with Gasteiger partial charge < -0.3 is 10.1 Å². The summed E-state index contributed by atoms with van der Waals surface area (Å²) < 4.78 is 5.39. The fraction of sp³-hybridized carbons (Fsp3) is 0.368. The first-order valence-corrected chi connectivity index (χ1v) is 7.75. The van der Waals surface area contributed by atoms with Crippen molar-refractivity contribution >= 4 is 0 Å². The van der Waals surface area contributed by atoms with Crippen LogP contribution < -0.4 is 10.1 Å². The van der Waals surface area contributed by atoms with Crippen LogP contribution in [0.4, 0.5) is 0 Å². The molecule has 2 heteroatoms. The zero-order chi connectivity index (χ0) is 14.7. The van der Waals surface area contributed by atoms with E-state index in [9.17, 15) is 0 Å². The van der Waals surface area contributed by atoms with Crippen molar-refractivity contribution < 1.29 is 4.74 Å². The molecule has 0 spiro atoms. The number of fused-ring (bicyclic) bond motifs is 1. The number of hydrogen-bond acceptors (Lipinski definition) is 2. The van der Waals surface area contributed by atoms with E-state index < -0.39 is 0 Å². The van der Waals surface area contributed by atoms with Crippen LogP contribution in [0.1, 0.15) is 48.5 Å². The zero-order valence-electron chi connectivity index (χ0n) is 12.8. The molecule has 0 bridgehead atoms. The molecule has 0 aliphatic heterocycles. The third-order valence-corrected chi connectivity index (χ3v) is 4.42. The number of aryl methyl sites for hydroxylation is 1. The van der Waals surface area contributed by atoms with Crippen LogP contribution in [0, 0.1) is 0 Å². The van der Waals surface area contributed by atoms with Gasteiger partial charge in [-0.25, -0.2) is 0 Å². The Kier molecular flexibility index (Phi) is 4.26. The standard InChI is InChI=1S/C19H23NO/c1-14(15-7-4-3-5-8-15)20-19-10-6-9-16-11-12-17(21-2)13-18(16)19/h3-5,7-8,11-14,19-20H,6,9-10H2,1-2H3/t14-,19?/m0/s1. The summed E-state index contributed by atoms with van der Waals surface area (Å²) in [5.41, 5.74) is 4.20. The van der Waals surface area contributed by atoms with Gasteiger partial charge in [-0.1, -0.05) is 36.4 Å². The van der Waals surface area contributed by atoms with E-state index in [1.807, 2.05) is 0 Å². The van der Waals surface area contributed by atoms with Gasteiger partial charge in [-0.2, -0.15) is 0 Å². The van der Waals surface area contributed by atoms with Gasteiger partial charge in [-0.3, -0.25) is 0 Å². The average molecular weight is 281 g/mol. The Morgan fingerprint density at radius 1 is 1.14 bits per heavy atom. The topological polar surface area (TPSA) is 21.3 Å². The summed E-state index contributed by atoms with van der Waals surface area (Å²) in [4.78, 5) is 0. The van der Waals surface area contributed by atoms with E-state index in [2.05, 4.69) is 60.8 Å². The normalized spacial score (nSPS) is 18.9. The van der Waals surface area contributed by atoms with Gasteiger partial charge in [0.15, 0.2) is 0 Å². The van der Waals surface area contributed by atoms with E-state index in [1.165, 1.54) is 36.0 Å². The van der Waals surface area contributed by atoms with Gasteiger partial charge in [0.2, 0.25) is 0 Å². The maximum Gasteiger partial charge on any atom is 0.119 e. The average Bonchev–Trinajstić information content (AvgIpc) is 2.55. The molecule has 0 saturated heterocycles. The van der Waals surface area contributed by atoms with E-state index in [-0.39, 0.29) is 0 Å². The molecule has 0 amide bonds. The summed E-state index contributed by atoms with van der Waals surface area (Å²) in [5, 5.41) is 3.79. The number of hydrogen-bond donors (Lipinski definition) is 1. The molecule has 0 fully saturated rings. The Morgan fingerprint density at radius 2 is 1.95 bits per heavy atom. The first-order chi connectivity index (χ1) is 10.3. The van der Waals surface area contributed by atoms with Crippen LogP contribution in [-0.4, -0.2) is 7.11 Å². The van der Waals surface area contributed by atoms with Gasteiger partial charge in [0.25, 0.3) is 0 Å². The summed E-state index contributed by atoms with van der Waals surface area (Å²) in [6, 6.07) is 17.9. The van der Waals surface area contributed by atoms with Gasteiger partial charge in [-0.15, -0.1) is 0 Å². The first kappa shape index (κ1) is 14.2. The molecule has 2 nitrogen and oxygen atoms in total. The molecule has 3 rings (SSSR count). The third-order valence-electron chi connectivity index (χ3n) is 4.42. The number of ether oxygens (including phenoxy) is 1. The monoisotopic (exact) mass is 281 g/mol.